The second-order valence-electron chi connectivity index (χ2n) is 8.76. The van der Waals surface area contributed by atoms with Gasteiger partial charge in [0.05, 0.1) is 22.5 Å². The number of hydrogen-bond acceptors (Lipinski definition) is 7. The summed E-state index contributed by atoms with van der Waals surface area (Å²) in [6, 6.07) is 15.6. The van der Waals surface area contributed by atoms with Gasteiger partial charge in [0.25, 0.3) is 10.0 Å². The highest BCUT2D eigenvalue weighted by atomic mass is 32.2. The van der Waals surface area contributed by atoms with Crippen molar-refractivity contribution in [1.82, 2.24) is 20.2 Å². The standard InChI is InChI=1S/C24H30N6O3S/c1-18(2)16-25-22(31)17-29-12-14-30(15-13-29)24-23(26-20-10-6-7-11-21(20)27-24)28-34(32,33)19-8-4-3-5-9-19/h3-11,18H,12-17H2,1-2H3,(H,25,31)(H,26,28). The molecule has 0 atom stereocenters. The SMILES string of the molecule is CC(C)CNC(=O)CN1CCN(c2nc3ccccc3nc2NS(=O)(=O)c2ccccc2)CC1. The van der Waals surface area contributed by atoms with Crippen molar-refractivity contribution >= 4 is 38.6 Å². The first-order valence-corrected chi connectivity index (χ1v) is 12.9. The molecule has 1 amide bonds. The number of rotatable bonds is 8. The molecule has 1 aliphatic rings. The quantitative estimate of drug-likeness (QED) is 0.507. The highest BCUT2D eigenvalue weighted by Crippen LogP contribution is 2.28. The summed E-state index contributed by atoms with van der Waals surface area (Å²) in [7, 11) is -3.83. The minimum absolute atomic E-state index is 0.0176. The lowest BCUT2D eigenvalue weighted by atomic mass is 10.2. The molecular weight excluding hydrogens is 452 g/mol. The third kappa shape index (κ3) is 5.81. The van der Waals surface area contributed by atoms with E-state index in [0.29, 0.717) is 62.0 Å². The Morgan fingerprint density at radius 1 is 0.941 bits per heavy atom. The number of carbonyl (C=O) groups is 1. The lowest BCUT2D eigenvalue weighted by molar-refractivity contribution is -0.122. The Morgan fingerprint density at radius 3 is 2.21 bits per heavy atom. The molecule has 2 heterocycles. The Hall–Kier alpha value is -3.24. The zero-order valence-corrected chi connectivity index (χ0v) is 20.3. The molecule has 1 aliphatic heterocycles. The van der Waals surface area contributed by atoms with Gasteiger partial charge in [-0.05, 0) is 30.2 Å². The average Bonchev–Trinajstić information content (AvgIpc) is 2.83. The number of para-hydroxylation sites is 2. The predicted octanol–water partition coefficient (Wildman–Crippen LogP) is 2.32. The van der Waals surface area contributed by atoms with Gasteiger partial charge in [0.1, 0.15) is 0 Å². The second-order valence-corrected chi connectivity index (χ2v) is 10.4. The second kappa shape index (κ2) is 10.4. The average molecular weight is 483 g/mol. The Bertz CT molecular complexity index is 1240. The van der Waals surface area contributed by atoms with E-state index in [1.165, 1.54) is 0 Å². The number of carbonyl (C=O) groups excluding carboxylic acids is 1. The molecule has 1 aromatic heterocycles. The number of piperazine rings is 1. The summed E-state index contributed by atoms with van der Waals surface area (Å²) >= 11 is 0. The summed E-state index contributed by atoms with van der Waals surface area (Å²) in [6.45, 7) is 7.66. The van der Waals surface area contributed by atoms with Crippen LogP contribution >= 0.6 is 0 Å². The molecule has 34 heavy (non-hydrogen) atoms. The van der Waals surface area contributed by atoms with Crippen molar-refractivity contribution in [2.24, 2.45) is 5.92 Å². The van der Waals surface area contributed by atoms with E-state index in [1.807, 2.05) is 23.1 Å². The molecule has 0 spiro atoms. The van der Waals surface area contributed by atoms with Gasteiger partial charge in [-0.2, -0.15) is 0 Å². The summed E-state index contributed by atoms with van der Waals surface area (Å²) < 4.78 is 28.7. The van der Waals surface area contributed by atoms with Gasteiger partial charge in [0.2, 0.25) is 5.91 Å². The number of amides is 1. The third-order valence-electron chi connectivity index (χ3n) is 5.58. The first-order valence-electron chi connectivity index (χ1n) is 11.4. The van der Waals surface area contributed by atoms with Crippen LogP contribution in [0.4, 0.5) is 11.6 Å². The van der Waals surface area contributed by atoms with Crippen molar-refractivity contribution in [3.05, 3.63) is 54.6 Å². The summed E-state index contributed by atoms with van der Waals surface area (Å²) in [4.78, 5) is 25.8. The van der Waals surface area contributed by atoms with Crippen molar-refractivity contribution in [2.75, 3.05) is 48.9 Å². The smallest absolute Gasteiger partial charge is 0.263 e. The van der Waals surface area contributed by atoms with Crippen molar-refractivity contribution < 1.29 is 13.2 Å². The third-order valence-corrected chi connectivity index (χ3v) is 6.94. The van der Waals surface area contributed by atoms with Crippen LogP contribution in [0.5, 0.6) is 0 Å². The first kappa shape index (κ1) is 23.9. The van der Waals surface area contributed by atoms with Crippen LogP contribution in [0.3, 0.4) is 0 Å². The van der Waals surface area contributed by atoms with Gasteiger partial charge in [0.15, 0.2) is 11.6 Å². The lowest BCUT2D eigenvalue weighted by Crippen LogP contribution is -2.50. The van der Waals surface area contributed by atoms with Crippen LogP contribution in [-0.4, -0.2) is 68.5 Å². The number of anilines is 2. The summed E-state index contributed by atoms with van der Waals surface area (Å²) in [6.07, 6.45) is 0. The van der Waals surface area contributed by atoms with Gasteiger partial charge >= 0.3 is 0 Å². The number of fused-ring (bicyclic) bond motifs is 1. The zero-order valence-electron chi connectivity index (χ0n) is 19.4. The Kier molecular flexibility index (Phi) is 7.28. The fourth-order valence-electron chi connectivity index (χ4n) is 3.76. The van der Waals surface area contributed by atoms with Crippen LogP contribution in [0, 0.1) is 5.92 Å². The predicted molar refractivity (Wildman–Crippen MR) is 133 cm³/mol. The highest BCUT2D eigenvalue weighted by molar-refractivity contribution is 7.92. The van der Waals surface area contributed by atoms with Crippen molar-refractivity contribution in [2.45, 2.75) is 18.7 Å². The van der Waals surface area contributed by atoms with Crippen LogP contribution in [0.1, 0.15) is 13.8 Å². The van der Waals surface area contributed by atoms with E-state index in [1.54, 1.807) is 36.4 Å². The number of nitrogens with zero attached hydrogens (tertiary/aromatic N) is 4. The normalized spacial score (nSPS) is 15.0. The molecule has 3 aromatic rings. The summed E-state index contributed by atoms with van der Waals surface area (Å²) in [5, 5.41) is 2.95. The topological polar surface area (TPSA) is 108 Å². The summed E-state index contributed by atoms with van der Waals surface area (Å²) in [5.74, 6) is 1.11. The molecule has 0 radical (unpaired) electrons. The molecule has 2 N–H and O–H groups in total. The van der Waals surface area contributed by atoms with Crippen molar-refractivity contribution in [3.63, 3.8) is 0 Å². The van der Waals surface area contributed by atoms with E-state index in [-0.39, 0.29) is 16.6 Å². The molecule has 0 saturated carbocycles. The number of nitrogens with one attached hydrogen (secondary N) is 2. The van der Waals surface area contributed by atoms with Crippen molar-refractivity contribution in [3.8, 4) is 0 Å². The minimum Gasteiger partial charge on any atom is -0.355 e. The van der Waals surface area contributed by atoms with E-state index in [9.17, 15) is 13.2 Å². The van der Waals surface area contributed by atoms with Crippen molar-refractivity contribution in [1.29, 1.82) is 0 Å². The molecule has 2 aromatic carbocycles. The molecule has 180 valence electrons. The highest BCUT2D eigenvalue weighted by Gasteiger charge is 2.25. The van der Waals surface area contributed by atoms with Gasteiger partial charge in [-0.1, -0.05) is 44.2 Å². The number of sulfonamides is 1. The molecule has 10 heteroatoms. The molecule has 1 saturated heterocycles. The van der Waals surface area contributed by atoms with E-state index in [4.69, 9.17) is 4.98 Å². The van der Waals surface area contributed by atoms with Crippen LogP contribution in [0.2, 0.25) is 0 Å². The van der Waals surface area contributed by atoms with Crippen LogP contribution in [-0.2, 0) is 14.8 Å². The molecule has 0 unspecified atom stereocenters. The number of hydrogen-bond donors (Lipinski definition) is 2. The maximum Gasteiger partial charge on any atom is 0.263 e. The fourth-order valence-corrected chi connectivity index (χ4v) is 4.79. The van der Waals surface area contributed by atoms with Gasteiger partial charge in [-0.15, -0.1) is 0 Å². The Morgan fingerprint density at radius 2 is 1.56 bits per heavy atom. The monoisotopic (exact) mass is 482 g/mol. The first-order chi connectivity index (χ1) is 16.3. The number of aromatic nitrogens is 2. The van der Waals surface area contributed by atoms with Gasteiger partial charge in [-0.25, -0.2) is 18.4 Å². The maximum atomic E-state index is 13.0. The largest absolute Gasteiger partial charge is 0.355 e. The molecular formula is C24H30N6O3S. The molecule has 4 rings (SSSR count). The molecule has 0 aliphatic carbocycles. The number of benzene rings is 2. The Labute approximate surface area is 200 Å². The minimum atomic E-state index is -3.83. The fraction of sp³-hybridized carbons (Fsp3) is 0.375. The van der Waals surface area contributed by atoms with Gasteiger partial charge in [0, 0.05) is 32.7 Å². The van der Waals surface area contributed by atoms with E-state index >= 15 is 0 Å². The van der Waals surface area contributed by atoms with Crippen LogP contribution in [0.15, 0.2) is 59.5 Å². The molecule has 1 fully saturated rings. The Balaban J connectivity index is 1.54. The summed E-state index contributed by atoms with van der Waals surface area (Å²) in [5.41, 5.74) is 1.30. The molecule has 0 bridgehead atoms. The molecule has 9 nitrogen and oxygen atoms in total. The maximum absolute atomic E-state index is 13.0. The zero-order chi connectivity index (χ0) is 24.1. The van der Waals surface area contributed by atoms with Crippen LogP contribution in [0.25, 0.3) is 11.0 Å². The van der Waals surface area contributed by atoms with E-state index in [2.05, 4.69) is 33.8 Å². The van der Waals surface area contributed by atoms with E-state index in [0.717, 1.165) is 0 Å². The van der Waals surface area contributed by atoms with Gasteiger partial charge in [-0.3, -0.25) is 14.4 Å². The van der Waals surface area contributed by atoms with Gasteiger partial charge < -0.3 is 10.2 Å². The van der Waals surface area contributed by atoms with E-state index < -0.39 is 10.0 Å². The van der Waals surface area contributed by atoms with Crippen LogP contribution < -0.4 is 14.9 Å². The lowest BCUT2D eigenvalue weighted by Gasteiger charge is -2.35.